The summed E-state index contributed by atoms with van der Waals surface area (Å²) in [5, 5.41) is 6.68. The molecule has 2 rings (SSSR count). The van der Waals surface area contributed by atoms with Crippen molar-refractivity contribution < 1.29 is 0 Å². The molecule has 142 valence electrons. The molecule has 26 heavy (non-hydrogen) atoms. The maximum Gasteiger partial charge on any atom is 0.191 e. The number of benzene rings is 1. The lowest BCUT2D eigenvalue weighted by Crippen LogP contribution is -2.37. The average molecular weight is 466 g/mol. The van der Waals surface area contributed by atoms with Crippen LogP contribution in [0.5, 0.6) is 0 Å². The van der Waals surface area contributed by atoms with E-state index < -0.39 is 0 Å². The number of aromatic nitrogens is 1. The largest absolute Gasteiger partial charge is 0.357 e. The van der Waals surface area contributed by atoms with Crippen LogP contribution >= 0.6 is 24.0 Å². The van der Waals surface area contributed by atoms with Gasteiger partial charge in [0.1, 0.15) is 0 Å². The second-order valence-electron chi connectivity index (χ2n) is 6.44. The molecule has 0 radical (unpaired) electrons. The van der Waals surface area contributed by atoms with E-state index in [-0.39, 0.29) is 24.0 Å². The van der Waals surface area contributed by atoms with E-state index in [4.69, 9.17) is 0 Å². The lowest BCUT2D eigenvalue weighted by Gasteiger charge is -2.11. The zero-order chi connectivity index (χ0) is 17.9. The normalized spacial score (nSPS) is 11.2. The van der Waals surface area contributed by atoms with Gasteiger partial charge in [-0.05, 0) is 48.9 Å². The quantitative estimate of drug-likeness (QED) is 0.261. The zero-order valence-corrected chi connectivity index (χ0v) is 18.4. The van der Waals surface area contributed by atoms with E-state index in [2.05, 4.69) is 65.6 Å². The molecule has 0 aliphatic rings. The summed E-state index contributed by atoms with van der Waals surface area (Å²) in [5.41, 5.74) is 3.77. The number of hydrogen-bond acceptors (Lipinski definition) is 2. The van der Waals surface area contributed by atoms with Crippen molar-refractivity contribution in [3.05, 3.63) is 65.5 Å². The molecule has 5 heteroatoms. The highest BCUT2D eigenvalue weighted by molar-refractivity contribution is 14.0. The fraction of sp³-hybridized carbons (Fsp3) is 0.429. The highest BCUT2D eigenvalue weighted by Crippen LogP contribution is 2.15. The van der Waals surface area contributed by atoms with Gasteiger partial charge in [0.25, 0.3) is 0 Å². The molecule has 0 saturated heterocycles. The summed E-state index contributed by atoms with van der Waals surface area (Å²) < 4.78 is 0. The van der Waals surface area contributed by atoms with Crippen LogP contribution in [0.3, 0.4) is 0 Å². The van der Waals surface area contributed by atoms with Crippen molar-refractivity contribution in [1.29, 1.82) is 0 Å². The van der Waals surface area contributed by atoms with Crippen LogP contribution in [0, 0.1) is 0 Å². The van der Waals surface area contributed by atoms with Gasteiger partial charge in [-0.2, -0.15) is 0 Å². The van der Waals surface area contributed by atoms with Gasteiger partial charge in [-0.25, -0.2) is 4.99 Å². The molecule has 0 atom stereocenters. The van der Waals surface area contributed by atoms with Crippen LogP contribution in [0.4, 0.5) is 0 Å². The van der Waals surface area contributed by atoms with Crippen LogP contribution < -0.4 is 10.6 Å². The minimum absolute atomic E-state index is 0. The van der Waals surface area contributed by atoms with Gasteiger partial charge in [-0.1, -0.05) is 44.2 Å². The highest BCUT2D eigenvalue weighted by atomic mass is 127. The third-order valence-corrected chi connectivity index (χ3v) is 4.05. The Balaban J connectivity index is 0.00000338. The smallest absolute Gasteiger partial charge is 0.191 e. The van der Waals surface area contributed by atoms with Crippen LogP contribution in [0.2, 0.25) is 0 Å². The standard InChI is InChI=1S/C21H30N4.HI/c1-4-22-21(25-16-20-9-5-6-14-23-20)24-15-7-8-18-10-12-19(13-11-18)17(2)3;/h5-6,9-14,17H,4,7-8,15-16H2,1-3H3,(H2,22,24,25);1H. The van der Waals surface area contributed by atoms with Crippen molar-refractivity contribution in [3.8, 4) is 0 Å². The predicted octanol–water partition coefficient (Wildman–Crippen LogP) is 4.51. The van der Waals surface area contributed by atoms with Gasteiger partial charge in [-0.3, -0.25) is 4.98 Å². The van der Waals surface area contributed by atoms with Crippen molar-refractivity contribution in [2.45, 2.75) is 46.1 Å². The Kier molecular flexibility index (Phi) is 10.9. The van der Waals surface area contributed by atoms with Gasteiger partial charge < -0.3 is 10.6 Å². The first-order chi connectivity index (χ1) is 12.2. The SMILES string of the molecule is CCNC(=NCc1ccccn1)NCCCc1ccc(C(C)C)cc1.I. The Labute approximate surface area is 174 Å². The minimum atomic E-state index is 0. The van der Waals surface area contributed by atoms with Crippen molar-refractivity contribution in [1.82, 2.24) is 15.6 Å². The van der Waals surface area contributed by atoms with Gasteiger partial charge in [0.2, 0.25) is 0 Å². The lowest BCUT2D eigenvalue weighted by molar-refractivity contribution is 0.742. The predicted molar refractivity (Wildman–Crippen MR) is 121 cm³/mol. The molecule has 0 bridgehead atoms. The minimum Gasteiger partial charge on any atom is -0.357 e. The van der Waals surface area contributed by atoms with E-state index in [1.807, 2.05) is 18.2 Å². The first-order valence-corrected chi connectivity index (χ1v) is 9.20. The number of hydrogen-bond donors (Lipinski definition) is 2. The average Bonchev–Trinajstić information content (AvgIpc) is 2.64. The Hall–Kier alpha value is -1.63. The molecular formula is C21H31IN4. The Morgan fingerprint density at radius 1 is 1.08 bits per heavy atom. The maximum absolute atomic E-state index is 4.59. The lowest BCUT2D eigenvalue weighted by atomic mass is 10.0. The summed E-state index contributed by atoms with van der Waals surface area (Å²) in [6.07, 6.45) is 3.95. The fourth-order valence-electron chi connectivity index (χ4n) is 2.56. The zero-order valence-electron chi connectivity index (χ0n) is 16.0. The molecular weight excluding hydrogens is 435 g/mol. The molecule has 1 heterocycles. The van der Waals surface area contributed by atoms with Crippen molar-refractivity contribution in [2.75, 3.05) is 13.1 Å². The second kappa shape index (κ2) is 12.7. The number of nitrogens with one attached hydrogen (secondary N) is 2. The van der Waals surface area contributed by atoms with Crippen LogP contribution in [-0.2, 0) is 13.0 Å². The summed E-state index contributed by atoms with van der Waals surface area (Å²) >= 11 is 0. The van der Waals surface area contributed by atoms with Crippen molar-refractivity contribution >= 4 is 29.9 Å². The molecule has 0 amide bonds. The first kappa shape index (κ1) is 22.4. The molecule has 1 aromatic carbocycles. The van der Waals surface area contributed by atoms with Crippen molar-refractivity contribution in [2.24, 2.45) is 4.99 Å². The molecule has 2 aromatic rings. The summed E-state index contributed by atoms with van der Waals surface area (Å²) in [4.78, 5) is 8.89. The third kappa shape index (κ3) is 8.17. The van der Waals surface area contributed by atoms with Gasteiger partial charge in [0.15, 0.2) is 5.96 Å². The van der Waals surface area contributed by atoms with E-state index in [0.717, 1.165) is 37.6 Å². The maximum atomic E-state index is 4.59. The number of pyridine rings is 1. The van der Waals surface area contributed by atoms with E-state index in [1.165, 1.54) is 11.1 Å². The van der Waals surface area contributed by atoms with Crippen LogP contribution in [0.25, 0.3) is 0 Å². The molecule has 0 unspecified atom stereocenters. The molecule has 0 aliphatic carbocycles. The summed E-state index contributed by atoms with van der Waals surface area (Å²) in [5.74, 6) is 1.44. The monoisotopic (exact) mass is 466 g/mol. The molecule has 4 nitrogen and oxygen atoms in total. The number of rotatable bonds is 8. The van der Waals surface area contributed by atoms with E-state index in [9.17, 15) is 0 Å². The van der Waals surface area contributed by atoms with Crippen LogP contribution in [0.1, 0.15) is 49.9 Å². The first-order valence-electron chi connectivity index (χ1n) is 9.20. The highest BCUT2D eigenvalue weighted by Gasteiger charge is 2.01. The molecule has 0 fully saturated rings. The van der Waals surface area contributed by atoms with Gasteiger partial charge >= 0.3 is 0 Å². The number of aliphatic imine (C=N–C) groups is 1. The fourth-order valence-corrected chi connectivity index (χ4v) is 2.56. The van der Waals surface area contributed by atoms with Gasteiger partial charge in [0.05, 0.1) is 12.2 Å². The topological polar surface area (TPSA) is 49.3 Å². The summed E-state index contributed by atoms with van der Waals surface area (Å²) in [6, 6.07) is 14.9. The Morgan fingerprint density at radius 2 is 1.85 bits per heavy atom. The molecule has 2 N–H and O–H groups in total. The number of aryl methyl sites for hydroxylation is 1. The van der Waals surface area contributed by atoms with E-state index in [1.54, 1.807) is 6.20 Å². The van der Waals surface area contributed by atoms with Crippen LogP contribution in [0.15, 0.2) is 53.7 Å². The number of guanidine groups is 1. The number of nitrogens with zero attached hydrogens (tertiary/aromatic N) is 2. The third-order valence-electron chi connectivity index (χ3n) is 4.05. The molecule has 1 aromatic heterocycles. The van der Waals surface area contributed by atoms with Crippen molar-refractivity contribution in [3.63, 3.8) is 0 Å². The molecule has 0 saturated carbocycles. The Morgan fingerprint density at radius 3 is 2.46 bits per heavy atom. The second-order valence-corrected chi connectivity index (χ2v) is 6.44. The Bertz CT molecular complexity index is 639. The molecule has 0 aliphatic heterocycles. The van der Waals surface area contributed by atoms with Crippen LogP contribution in [-0.4, -0.2) is 24.0 Å². The van der Waals surface area contributed by atoms with E-state index >= 15 is 0 Å². The summed E-state index contributed by atoms with van der Waals surface area (Å²) in [7, 11) is 0. The van der Waals surface area contributed by atoms with E-state index in [0.29, 0.717) is 12.5 Å². The summed E-state index contributed by atoms with van der Waals surface area (Å²) in [6.45, 7) is 8.88. The molecule has 0 spiro atoms. The number of halogens is 1. The van der Waals surface area contributed by atoms with Gasteiger partial charge in [0, 0.05) is 19.3 Å². The van der Waals surface area contributed by atoms with Gasteiger partial charge in [-0.15, -0.1) is 24.0 Å².